The van der Waals surface area contributed by atoms with Crippen molar-refractivity contribution in [2.75, 3.05) is 13.1 Å². The van der Waals surface area contributed by atoms with E-state index >= 15 is 0 Å². The van der Waals surface area contributed by atoms with Gasteiger partial charge >= 0.3 is 5.97 Å². The van der Waals surface area contributed by atoms with Crippen molar-refractivity contribution in [3.05, 3.63) is 5.51 Å². The fraction of sp³-hybridized carbons (Fsp3) is 0.571. The summed E-state index contributed by atoms with van der Waals surface area (Å²) >= 11 is 2.96. The van der Waals surface area contributed by atoms with Gasteiger partial charge in [-0.05, 0) is 0 Å². The molecule has 0 amide bonds. The molecule has 0 atom stereocenters. The number of nitrogens with one attached hydrogen (secondary N) is 1. The molecular formula is C7H9N3O2S2. The van der Waals surface area contributed by atoms with E-state index in [-0.39, 0.29) is 11.2 Å². The van der Waals surface area contributed by atoms with Gasteiger partial charge in [-0.1, -0.05) is 23.1 Å². The van der Waals surface area contributed by atoms with Crippen LogP contribution in [0, 0.1) is 0 Å². The predicted molar refractivity (Wildman–Crippen MR) is 53.6 cm³/mol. The van der Waals surface area contributed by atoms with Crippen LogP contribution in [-0.4, -0.2) is 39.1 Å². The van der Waals surface area contributed by atoms with Gasteiger partial charge in [-0.3, -0.25) is 4.79 Å². The fourth-order valence-corrected chi connectivity index (χ4v) is 3.44. The van der Waals surface area contributed by atoms with E-state index < -0.39 is 5.97 Å². The number of aliphatic carboxylic acids is 1. The first-order valence-electron chi connectivity index (χ1n) is 4.08. The lowest BCUT2D eigenvalue weighted by molar-refractivity contribution is -0.138. The molecule has 7 heteroatoms. The zero-order valence-corrected chi connectivity index (χ0v) is 8.90. The van der Waals surface area contributed by atoms with Gasteiger partial charge in [0.25, 0.3) is 0 Å². The van der Waals surface area contributed by atoms with E-state index in [0.29, 0.717) is 0 Å². The monoisotopic (exact) mass is 231 g/mol. The average molecular weight is 231 g/mol. The third kappa shape index (κ3) is 2.05. The van der Waals surface area contributed by atoms with Gasteiger partial charge < -0.3 is 10.4 Å². The Morgan fingerprint density at radius 2 is 2.57 bits per heavy atom. The van der Waals surface area contributed by atoms with Crippen molar-refractivity contribution in [1.29, 1.82) is 0 Å². The van der Waals surface area contributed by atoms with E-state index in [1.807, 2.05) is 0 Å². The van der Waals surface area contributed by atoms with Gasteiger partial charge in [-0.25, -0.2) is 0 Å². The minimum Gasteiger partial charge on any atom is -0.481 e. The van der Waals surface area contributed by atoms with Gasteiger partial charge in [0.15, 0.2) is 4.34 Å². The topological polar surface area (TPSA) is 75.1 Å². The highest BCUT2D eigenvalue weighted by Crippen LogP contribution is 2.39. The highest BCUT2D eigenvalue weighted by Gasteiger charge is 2.41. The van der Waals surface area contributed by atoms with Crippen molar-refractivity contribution in [2.24, 2.45) is 0 Å². The summed E-state index contributed by atoms with van der Waals surface area (Å²) < 4.78 is 0.624. The molecule has 0 unspecified atom stereocenters. The van der Waals surface area contributed by atoms with E-state index in [1.54, 1.807) is 5.51 Å². The molecule has 1 aromatic heterocycles. The average Bonchev–Trinajstić information content (AvgIpc) is 2.51. The Labute approximate surface area is 88.9 Å². The number of hydrogen-bond donors (Lipinski definition) is 2. The summed E-state index contributed by atoms with van der Waals surface area (Å²) in [6.45, 7) is 1.45. The molecule has 14 heavy (non-hydrogen) atoms. The Hall–Kier alpha value is -0.660. The number of nitrogens with zero attached hydrogens (tertiary/aromatic N) is 2. The summed E-state index contributed by atoms with van der Waals surface area (Å²) in [5.74, 6) is -0.761. The first-order chi connectivity index (χ1) is 6.70. The second-order valence-electron chi connectivity index (χ2n) is 3.16. The first-order valence-corrected chi connectivity index (χ1v) is 5.78. The fourth-order valence-electron chi connectivity index (χ4n) is 1.31. The van der Waals surface area contributed by atoms with E-state index in [1.165, 1.54) is 23.1 Å². The van der Waals surface area contributed by atoms with Crippen molar-refractivity contribution in [3.8, 4) is 0 Å². The lowest BCUT2D eigenvalue weighted by atomic mass is 9.98. The molecule has 1 saturated heterocycles. The summed E-state index contributed by atoms with van der Waals surface area (Å²) in [6.07, 6.45) is 0.171. The molecule has 0 aromatic carbocycles. The Balaban J connectivity index is 2.02. The number of thioether (sulfide) groups is 1. The maximum absolute atomic E-state index is 10.7. The smallest absolute Gasteiger partial charge is 0.304 e. The van der Waals surface area contributed by atoms with Gasteiger partial charge in [-0.15, -0.1) is 10.2 Å². The molecule has 1 fully saturated rings. The second kappa shape index (κ2) is 3.84. The standard InChI is InChI=1S/C7H9N3O2S2/c11-5(12)1-7(2-8-3-7)14-6-10-9-4-13-6/h4,8H,1-3H2,(H,11,12). The molecule has 5 nitrogen and oxygen atoms in total. The van der Waals surface area contributed by atoms with Gasteiger partial charge in [0, 0.05) is 13.1 Å². The molecule has 1 aromatic rings. The summed E-state index contributed by atoms with van der Waals surface area (Å²) in [7, 11) is 0. The van der Waals surface area contributed by atoms with Crippen molar-refractivity contribution in [1.82, 2.24) is 15.5 Å². The quantitative estimate of drug-likeness (QED) is 0.783. The number of rotatable bonds is 4. The van der Waals surface area contributed by atoms with Gasteiger partial charge in [-0.2, -0.15) is 0 Å². The summed E-state index contributed by atoms with van der Waals surface area (Å²) in [4.78, 5) is 10.7. The van der Waals surface area contributed by atoms with E-state index in [0.717, 1.165) is 17.4 Å². The molecule has 1 aliphatic heterocycles. The zero-order chi connectivity index (χ0) is 10.0. The van der Waals surface area contributed by atoms with Crippen LogP contribution in [-0.2, 0) is 4.79 Å². The third-order valence-electron chi connectivity index (χ3n) is 2.01. The van der Waals surface area contributed by atoms with Crippen molar-refractivity contribution < 1.29 is 9.90 Å². The van der Waals surface area contributed by atoms with Gasteiger partial charge in [0.2, 0.25) is 0 Å². The van der Waals surface area contributed by atoms with Crippen LogP contribution in [0.3, 0.4) is 0 Å². The minimum atomic E-state index is -0.761. The lowest BCUT2D eigenvalue weighted by Crippen LogP contribution is -2.57. The normalized spacial score (nSPS) is 18.9. The van der Waals surface area contributed by atoms with Gasteiger partial charge in [0.05, 0.1) is 11.2 Å². The second-order valence-corrected chi connectivity index (χ2v) is 5.71. The van der Waals surface area contributed by atoms with E-state index in [2.05, 4.69) is 15.5 Å². The first kappa shape index (κ1) is 9.88. The van der Waals surface area contributed by atoms with E-state index in [4.69, 9.17) is 5.11 Å². The van der Waals surface area contributed by atoms with Crippen molar-refractivity contribution >= 4 is 29.1 Å². The van der Waals surface area contributed by atoms with Crippen LogP contribution >= 0.6 is 23.1 Å². The number of aromatic nitrogens is 2. The van der Waals surface area contributed by atoms with Crippen LogP contribution in [0.15, 0.2) is 9.85 Å². The summed E-state index contributed by atoms with van der Waals surface area (Å²) in [5, 5.41) is 19.5. The molecule has 2 rings (SSSR count). The van der Waals surface area contributed by atoms with Crippen LogP contribution < -0.4 is 5.32 Å². The minimum absolute atomic E-state index is 0.171. The van der Waals surface area contributed by atoms with Crippen LogP contribution in [0.25, 0.3) is 0 Å². The van der Waals surface area contributed by atoms with Gasteiger partial charge in [0.1, 0.15) is 5.51 Å². The molecule has 2 heterocycles. The number of carboxylic acid groups (broad SMARTS) is 1. The highest BCUT2D eigenvalue weighted by atomic mass is 32.2. The van der Waals surface area contributed by atoms with E-state index in [9.17, 15) is 4.79 Å². The molecule has 0 aliphatic carbocycles. The molecule has 2 N–H and O–H groups in total. The lowest BCUT2D eigenvalue weighted by Gasteiger charge is -2.39. The molecule has 0 spiro atoms. The number of carbonyl (C=O) groups is 1. The van der Waals surface area contributed by atoms with Crippen LogP contribution in [0.2, 0.25) is 0 Å². The Morgan fingerprint density at radius 1 is 1.79 bits per heavy atom. The molecule has 76 valence electrons. The van der Waals surface area contributed by atoms with Crippen molar-refractivity contribution in [3.63, 3.8) is 0 Å². The molecule has 0 bridgehead atoms. The SMILES string of the molecule is O=C(O)CC1(Sc2nncs2)CNC1. The zero-order valence-electron chi connectivity index (χ0n) is 7.27. The maximum Gasteiger partial charge on any atom is 0.304 e. The molecule has 0 saturated carbocycles. The summed E-state index contributed by atoms with van der Waals surface area (Å²) in [6, 6.07) is 0. The predicted octanol–water partition coefficient (Wildman–Crippen LogP) is 0.447. The van der Waals surface area contributed by atoms with Crippen LogP contribution in [0.5, 0.6) is 0 Å². The highest BCUT2D eigenvalue weighted by molar-refractivity contribution is 8.02. The number of carboxylic acids is 1. The Kier molecular flexibility index (Phi) is 2.71. The molecule has 0 radical (unpaired) electrons. The third-order valence-corrected chi connectivity index (χ3v) is 4.16. The summed E-state index contributed by atoms with van der Waals surface area (Å²) in [5.41, 5.74) is 1.66. The Morgan fingerprint density at radius 3 is 3.00 bits per heavy atom. The Bertz CT molecular complexity index is 324. The van der Waals surface area contributed by atoms with Crippen LogP contribution in [0.4, 0.5) is 0 Å². The molecule has 1 aliphatic rings. The largest absolute Gasteiger partial charge is 0.481 e. The maximum atomic E-state index is 10.7. The van der Waals surface area contributed by atoms with Crippen LogP contribution in [0.1, 0.15) is 6.42 Å². The van der Waals surface area contributed by atoms with Crippen molar-refractivity contribution in [2.45, 2.75) is 15.5 Å². The number of hydrogen-bond acceptors (Lipinski definition) is 6. The molecular weight excluding hydrogens is 222 g/mol.